The van der Waals surface area contributed by atoms with E-state index >= 15 is 0 Å². The Hall–Kier alpha value is -1.79. The predicted octanol–water partition coefficient (Wildman–Crippen LogP) is 1.72. The number of nitrogen functional groups attached to an aromatic ring is 2. The maximum absolute atomic E-state index is 9.37. The highest BCUT2D eigenvalue weighted by Gasteiger charge is 2.15. The molecule has 0 fully saturated rings. The molecule has 0 bridgehead atoms. The average Bonchev–Trinajstić information content (AvgIpc) is 2.28. The van der Waals surface area contributed by atoms with E-state index in [9.17, 15) is 5.11 Å². The van der Waals surface area contributed by atoms with Crippen LogP contribution in [0.25, 0.3) is 11.3 Å². The Labute approximate surface area is 106 Å². The molecule has 6 nitrogen and oxygen atoms in total. The van der Waals surface area contributed by atoms with E-state index in [1.807, 2.05) is 0 Å². The molecule has 8 heteroatoms. The second kappa shape index (κ2) is 4.23. The molecule has 0 radical (unpaired) electrons. The molecule has 0 amide bonds. The summed E-state index contributed by atoms with van der Waals surface area (Å²) in [6.07, 6.45) is 0. The van der Waals surface area contributed by atoms with Crippen LogP contribution < -0.4 is 11.5 Å². The van der Waals surface area contributed by atoms with Gasteiger partial charge in [0.1, 0.15) is 16.5 Å². The number of phenols is 1. The number of benzene rings is 1. The fourth-order valence-corrected chi connectivity index (χ4v) is 1.68. The number of hydrogen-bond acceptors (Lipinski definition) is 6. The lowest BCUT2D eigenvalue weighted by Crippen LogP contribution is -2.04. The summed E-state index contributed by atoms with van der Waals surface area (Å²) >= 11 is 11.8. The number of anilines is 2. The van der Waals surface area contributed by atoms with Gasteiger partial charge in [-0.05, 0) is 12.1 Å². The topological polar surface area (TPSA) is 111 Å². The number of rotatable bonds is 1. The first-order valence-corrected chi connectivity index (χ1v) is 5.19. The van der Waals surface area contributed by atoms with E-state index in [0.717, 1.165) is 0 Å². The van der Waals surface area contributed by atoms with Crippen LogP contribution in [0.3, 0.4) is 0 Å². The zero-order chi connectivity index (χ0) is 12.6. The van der Waals surface area contributed by atoms with Crippen molar-refractivity contribution in [1.82, 2.24) is 15.2 Å². The van der Waals surface area contributed by atoms with Gasteiger partial charge in [0.05, 0.1) is 5.02 Å². The Bertz CT molecular complexity index is 590. The van der Waals surface area contributed by atoms with Crippen molar-refractivity contribution in [3.05, 3.63) is 22.2 Å². The molecule has 0 saturated carbocycles. The highest BCUT2D eigenvalue weighted by molar-refractivity contribution is 6.44. The first kappa shape index (κ1) is 11.7. The number of phenolic OH excluding ortho intramolecular Hbond substituents is 1. The Morgan fingerprint density at radius 1 is 1.06 bits per heavy atom. The molecule has 17 heavy (non-hydrogen) atoms. The zero-order valence-electron chi connectivity index (χ0n) is 8.35. The molecule has 1 aromatic carbocycles. The summed E-state index contributed by atoms with van der Waals surface area (Å²) in [4.78, 5) is 3.76. The van der Waals surface area contributed by atoms with Crippen LogP contribution in [0.4, 0.5) is 11.8 Å². The van der Waals surface area contributed by atoms with E-state index in [0.29, 0.717) is 5.56 Å². The summed E-state index contributed by atoms with van der Waals surface area (Å²) in [7, 11) is 0. The molecular weight excluding hydrogens is 265 g/mol. The van der Waals surface area contributed by atoms with Crippen molar-refractivity contribution in [3.8, 4) is 17.0 Å². The van der Waals surface area contributed by atoms with Crippen molar-refractivity contribution >= 4 is 35.0 Å². The minimum Gasteiger partial charge on any atom is -0.506 e. The SMILES string of the molecule is Nc1nnc(-c2ccc(O)c(Cl)c2Cl)c(N)n1. The van der Waals surface area contributed by atoms with Gasteiger partial charge in [0.2, 0.25) is 5.95 Å². The van der Waals surface area contributed by atoms with Crippen molar-refractivity contribution in [2.45, 2.75) is 0 Å². The van der Waals surface area contributed by atoms with Gasteiger partial charge < -0.3 is 16.6 Å². The monoisotopic (exact) mass is 271 g/mol. The maximum Gasteiger partial charge on any atom is 0.242 e. The van der Waals surface area contributed by atoms with Gasteiger partial charge in [0.15, 0.2) is 5.82 Å². The highest BCUT2D eigenvalue weighted by Crippen LogP contribution is 2.39. The van der Waals surface area contributed by atoms with E-state index in [1.54, 1.807) is 0 Å². The van der Waals surface area contributed by atoms with Crippen LogP contribution in [0.2, 0.25) is 10.0 Å². The van der Waals surface area contributed by atoms with Gasteiger partial charge in [-0.25, -0.2) is 0 Å². The zero-order valence-corrected chi connectivity index (χ0v) is 9.87. The molecule has 2 rings (SSSR count). The molecule has 0 aliphatic heterocycles. The molecular formula is C9H7Cl2N5O. The number of halogens is 2. The van der Waals surface area contributed by atoms with Gasteiger partial charge in [0.25, 0.3) is 0 Å². The summed E-state index contributed by atoms with van der Waals surface area (Å²) < 4.78 is 0. The van der Waals surface area contributed by atoms with E-state index in [2.05, 4.69) is 15.2 Å². The minimum absolute atomic E-state index is 0.0159. The van der Waals surface area contributed by atoms with Gasteiger partial charge in [-0.15, -0.1) is 10.2 Å². The number of hydrogen-bond donors (Lipinski definition) is 3. The van der Waals surface area contributed by atoms with E-state index in [4.69, 9.17) is 34.7 Å². The smallest absolute Gasteiger partial charge is 0.242 e. The lowest BCUT2D eigenvalue weighted by Gasteiger charge is -2.07. The minimum atomic E-state index is -0.129. The predicted molar refractivity (Wildman–Crippen MR) is 65.8 cm³/mol. The molecule has 88 valence electrons. The quantitative estimate of drug-likeness (QED) is 0.728. The van der Waals surface area contributed by atoms with Crippen molar-refractivity contribution < 1.29 is 5.11 Å². The number of aromatic nitrogens is 3. The standard InChI is InChI=1S/C9H7Cl2N5O/c10-5-3(1-2-4(17)6(5)11)7-8(12)14-9(13)16-15-7/h1-2,17H,(H4,12,13,14,16). The molecule has 1 heterocycles. The second-order valence-electron chi connectivity index (χ2n) is 3.16. The molecule has 1 aromatic heterocycles. The number of nitrogens with zero attached hydrogens (tertiary/aromatic N) is 3. The van der Waals surface area contributed by atoms with Gasteiger partial charge in [-0.2, -0.15) is 4.98 Å². The highest BCUT2D eigenvalue weighted by atomic mass is 35.5. The average molecular weight is 272 g/mol. The van der Waals surface area contributed by atoms with E-state index < -0.39 is 0 Å². The molecule has 0 spiro atoms. The van der Waals surface area contributed by atoms with E-state index in [1.165, 1.54) is 12.1 Å². The Morgan fingerprint density at radius 3 is 2.41 bits per heavy atom. The third kappa shape index (κ3) is 2.04. The second-order valence-corrected chi connectivity index (χ2v) is 3.92. The Kier molecular flexibility index (Phi) is 2.91. The summed E-state index contributed by atoms with van der Waals surface area (Å²) in [6.45, 7) is 0. The molecule has 0 saturated heterocycles. The molecule has 5 N–H and O–H groups in total. The molecule has 0 aliphatic rings. The lowest BCUT2D eigenvalue weighted by atomic mass is 10.1. The molecule has 0 aliphatic carbocycles. The molecule has 0 atom stereocenters. The largest absolute Gasteiger partial charge is 0.506 e. The first-order chi connectivity index (χ1) is 8.00. The van der Waals surface area contributed by atoms with Crippen LogP contribution >= 0.6 is 23.2 Å². The van der Waals surface area contributed by atoms with Crippen LogP contribution in [0, 0.1) is 0 Å². The van der Waals surface area contributed by atoms with Crippen LogP contribution in [0.5, 0.6) is 5.75 Å². The first-order valence-electron chi connectivity index (χ1n) is 4.43. The summed E-state index contributed by atoms with van der Waals surface area (Å²) in [5, 5.41) is 16.9. The van der Waals surface area contributed by atoms with Crippen molar-refractivity contribution in [1.29, 1.82) is 0 Å². The maximum atomic E-state index is 9.37. The van der Waals surface area contributed by atoms with Crippen molar-refractivity contribution in [2.75, 3.05) is 11.5 Å². The molecule has 0 unspecified atom stereocenters. The van der Waals surface area contributed by atoms with Crippen LogP contribution in [0.1, 0.15) is 0 Å². The van der Waals surface area contributed by atoms with Crippen molar-refractivity contribution in [2.24, 2.45) is 0 Å². The number of nitrogens with two attached hydrogens (primary N) is 2. The Morgan fingerprint density at radius 2 is 1.76 bits per heavy atom. The summed E-state index contributed by atoms with van der Waals surface area (Å²) in [6, 6.07) is 2.89. The third-order valence-corrected chi connectivity index (χ3v) is 2.92. The van der Waals surface area contributed by atoms with Crippen LogP contribution in [0.15, 0.2) is 12.1 Å². The fourth-order valence-electron chi connectivity index (χ4n) is 1.27. The van der Waals surface area contributed by atoms with Crippen LogP contribution in [-0.4, -0.2) is 20.3 Å². The molecule has 2 aromatic rings. The van der Waals surface area contributed by atoms with Crippen molar-refractivity contribution in [3.63, 3.8) is 0 Å². The van der Waals surface area contributed by atoms with Gasteiger partial charge >= 0.3 is 0 Å². The third-order valence-electron chi connectivity index (χ3n) is 2.05. The summed E-state index contributed by atoms with van der Waals surface area (Å²) in [5.41, 5.74) is 11.7. The Balaban J connectivity index is 2.65. The lowest BCUT2D eigenvalue weighted by molar-refractivity contribution is 0.475. The van der Waals surface area contributed by atoms with E-state index in [-0.39, 0.29) is 33.3 Å². The van der Waals surface area contributed by atoms with Gasteiger partial charge in [-0.1, -0.05) is 23.2 Å². The summed E-state index contributed by atoms with van der Waals surface area (Å²) in [5.74, 6) is -0.0799. The van der Waals surface area contributed by atoms with Gasteiger partial charge in [0, 0.05) is 5.56 Å². The van der Waals surface area contributed by atoms with Gasteiger partial charge in [-0.3, -0.25) is 0 Å². The van der Waals surface area contributed by atoms with Crippen LogP contribution in [-0.2, 0) is 0 Å². The number of aromatic hydroxyl groups is 1. The normalized spacial score (nSPS) is 10.5. The fraction of sp³-hybridized carbons (Fsp3) is 0.